The fourth-order valence-corrected chi connectivity index (χ4v) is 1.86. The van der Waals surface area contributed by atoms with Crippen molar-refractivity contribution in [2.45, 2.75) is 44.6 Å². The van der Waals surface area contributed by atoms with Gasteiger partial charge in [-0.2, -0.15) is 0 Å². The van der Waals surface area contributed by atoms with Crippen LogP contribution in [0.3, 0.4) is 0 Å². The van der Waals surface area contributed by atoms with Gasteiger partial charge in [0.1, 0.15) is 0 Å². The molecule has 0 spiro atoms. The normalized spacial score (nSPS) is 25.1. The summed E-state index contributed by atoms with van der Waals surface area (Å²) in [6.45, 7) is 0. The van der Waals surface area contributed by atoms with Crippen LogP contribution in [0.2, 0.25) is 0 Å². The van der Waals surface area contributed by atoms with Gasteiger partial charge in [0.15, 0.2) is 0 Å². The van der Waals surface area contributed by atoms with E-state index >= 15 is 0 Å². The van der Waals surface area contributed by atoms with Crippen LogP contribution >= 0.6 is 0 Å². The first-order valence-corrected chi connectivity index (χ1v) is 5.91. The van der Waals surface area contributed by atoms with E-state index in [0.29, 0.717) is 6.42 Å². The van der Waals surface area contributed by atoms with Gasteiger partial charge in [-0.1, -0.05) is 24.3 Å². The Balaban J connectivity index is 2.13. The van der Waals surface area contributed by atoms with Crippen molar-refractivity contribution in [2.75, 3.05) is 0 Å². The first kappa shape index (κ1) is 13.0. The van der Waals surface area contributed by atoms with E-state index in [4.69, 9.17) is 5.11 Å². The van der Waals surface area contributed by atoms with E-state index in [1.165, 1.54) is 0 Å². The van der Waals surface area contributed by atoms with Crippen LogP contribution in [-0.2, 0) is 4.79 Å². The Morgan fingerprint density at radius 2 is 2.25 bits per heavy atom. The van der Waals surface area contributed by atoms with Crippen LogP contribution < -0.4 is 0 Å². The van der Waals surface area contributed by atoms with Crippen LogP contribution in [-0.4, -0.2) is 22.3 Å². The molecule has 0 heterocycles. The quantitative estimate of drug-likeness (QED) is 0.538. The topological polar surface area (TPSA) is 57.5 Å². The van der Waals surface area contributed by atoms with E-state index in [2.05, 4.69) is 12.2 Å². The molecule has 0 aromatic carbocycles. The van der Waals surface area contributed by atoms with E-state index in [1.807, 2.05) is 12.2 Å². The summed E-state index contributed by atoms with van der Waals surface area (Å²) in [6, 6.07) is 0. The first-order chi connectivity index (χ1) is 7.70. The summed E-state index contributed by atoms with van der Waals surface area (Å²) >= 11 is 0. The molecule has 16 heavy (non-hydrogen) atoms. The summed E-state index contributed by atoms with van der Waals surface area (Å²) in [6.07, 6.45) is 12.5. The molecule has 0 saturated carbocycles. The van der Waals surface area contributed by atoms with Gasteiger partial charge in [0.2, 0.25) is 0 Å². The second-order valence-corrected chi connectivity index (χ2v) is 4.23. The zero-order valence-electron chi connectivity index (χ0n) is 9.51. The zero-order valence-corrected chi connectivity index (χ0v) is 9.51. The number of unbranched alkanes of at least 4 members (excludes halogenated alkanes) is 1. The van der Waals surface area contributed by atoms with Crippen molar-refractivity contribution in [3.63, 3.8) is 0 Å². The molecule has 0 bridgehead atoms. The number of hydrogen-bond donors (Lipinski definition) is 2. The van der Waals surface area contributed by atoms with Gasteiger partial charge in [-0.15, -0.1) is 0 Å². The largest absolute Gasteiger partial charge is 0.481 e. The maximum Gasteiger partial charge on any atom is 0.303 e. The highest BCUT2D eigenvalue weighted by atomic mass is 16.4. The van der Waals surface area contributed by atoms with E-state index in [9.17, 15) is 9.90 Å². The molecule has 2 atom stereocenters. The van der Waals surface area contributed by atoms with Gasteiger partial charge in [-0.3, -0.25) is 4.79 Å². The molecule has 90 valence electrons. The number of aliphatic hydroxyl groups excluding tert-OH is 1. The van der Waals surface area contributed by atoms with Gasteiger partial charge in [0.25, 0.3) is 0 Å². The molecule has 1 aliphatic rings. The van der Waals surface area contributed by atoms with Gasteiger partial charge < -0.3 is 10.2 Å². The van der Waals surface area contributed by atoms with Crippen LogP contribution in [0.15, 0.2) is 24.3 Å². The number of carbonyl (C=O) groups is 1. The van der Waals surface area contributed by atoms with Crippen molar-refractivity contribution in [3.8, 4) is 0 Å². The molecule has 0 aromatic rings. The van der Waals surface area contributed by atoms with Crippen molar-refractivity contribution in [1.29, 1.82) is 0 Å². The van der Waals surface area contributed by atoms with E-state index < -0.39 is 5.97 Å². The van der Waals surface area contributed by atoms with Crippen LogP contribution in [0.4, 0.5) is 0 Å². The van der Waals surface area contributed by atoms with Crippen molar-refractivity contribution < 1.29 is 15.0 Å². The Labute approximate surface area is 96.5 Å². The van der Waals surface area contributed by atoms with Gasteiger partial charge in [-0.05, 0) is 32.1 Å². The summed E-state index contributed by atoms with van der Waals surface area (Å²) in [5.74, 6) is -0.497. The van der Waals surface area contributed by atoms with E-state index in [1.54, 1.807) is 0 Å². The highest BCUT2D eigenvalue weighted by Gasteiger charge is 2.16. The summed E-state index contributed by atoms with van der Waals surface area (Å²) < 4.78 is 0. The molecule has 1 rings (SSSR count). The average molecular weight is 224 g/mol. The number of hydrogen-bond acceptors (Lipinski definition) is 2. The molecule has 0 saturated heterocycles. The van der Waals surface area contributed by atoms with Crippen molar-refractivity contribution in [2.24, 2.45) is 5.92 Å². The molecule has 0 radical (unpaired) electrons. The van der Waals surface area contributed by atoms with Crippen LogP contribution in [0, 0.1) is 5.92 Å². The molecular formula is C13H20O3. The number of allylic oxidation sites excluding steroid dienone is 3. The van der Waals surface area contributed by atoms with Crippen molar-refractivity contribution in [1.82, 2.24) is 0 Å². The molecule has 2 unspecified atom stereocenters. The predicted octanol–water partition coefficient (Wildman–Crippen LogP) is 2.51. The molecule has 0 aliphatic heterocycles. The number of carboxylic acids is 1. The SMILES string of the molecule is O=C(O)CCCC=CCC1C=CCCC1O. The number of aliphatic hydroxyl groups is 1. The summed E-state index contributed by atoms with van der Waals surface area (Å²) in [7, 11) is 0. The average Bonchev–Trinajstić information content (AvgIpc) is 2.25. The third-order valence-corrected chi connectivity index (χ3v) is 2.84. The molecule has 2 N–H and O–H groups in total. The Morgan fingerprint density at radius 3 is 2.94 bits per heavy atom. The van der Waals surface area contributed by atoms with Gasteiger partial charge in [-0.25, -0.2) is 0 Å². The molecule has 1 aliphatic carbocycles. The fraction of sp³-hybridized carbons (Fsp3) is 0.615. The fourth-order valence-electron chi connectivity index (χ4n) is 1.86. The Kier molecular flexibility index (Phi) is 5.86. The van der Waals surface area contributed by atoms with Crippen LogP contribution in [0.25, 0.3) is 0 Å². The lowest BCUT2D eigenvalue weighted by molar-refractivity contribution is -0.137. The summed E-state index contributed by atoms with van der Waals surface area (Å²) in [5, 5.41) is 18.1. The number of aliphatic carboxylic acids is 1. The molecule has 0 fully saturated rings. The Hall–Kier alpha value is -1.09. The minimum Gasteiger partial charge on any atom is -0.481 e. The highest BCUT2D eigenvalue weighted by molar-refractivity contribution is 5.66. The third kappa shape index (κ3) is 5.12. The zero-order chi connectivity index (χ0) is 11.8. The second kappa shape index (κ2) is 7.23. The maximum absolute atomic E-state index is 10.3. The minimum atomic E-state index is -0.737. The lowest BCUT2D eigenvalue weighted by Gasteiger charge is -2.21. The van der Waals surface area contributed by atoms with Gasteiger partial charge >= 0.3 is 5.97 Å². The smallest absolute Gasteiger partial charge is 0.303 e. The molecule has 3 heteroatoms. The molecular weight excluding hydrogens is 204 g/mol. The van der Waals surface area contributed by atoms with Crippen LogP contribution in [0.1, 0.15) is 38.5 Å². The second-order valence-electron chi connectivity index (χ2n) is 4.23. The molecule has 3 nitrogen and oxygen atoms in total. The van der Waals surface area contributed by atoms with Crippen molar-refractivity contribution in [3.05, 3.63) is 24.3 Å². The highest BCUT2D eigenvalue weighted by Crippen LogP contribution is 2.21. The molecule has 0 amide bonds. The maximum atomic E-state index is 10.3. The Morgan fingerprint density at radius 1 is 1.44 bits per heavy atom. The van der Waals surface area contributed by atoms with E-state index in [-0.39, 0.29) is 18.4 Å². The standard InChI is InChI=1S/C13H20O3/c14-12-9-6-5-8-11(12)7-3-1-2-4-10-13(15)16/h1,3,5,8,11-12,14H,2,4,6-7,9-10H2,(H,15,16). The van der Waals surface area contributed by atoms with E-state index in [0.717, 1.165) is 25.7 Å². The Bertz CT molecular complexity index is 268. The summed E-state index contributed by atoms with van der Waals surface area (Å²) in [5.41, 5.74) is 0. The van der Waals surface area contributed by atoms with Crippen LogP contribution in [0.5, 0.6) is 0 Å². The van der Waals surface area contributed by atoms with Gasteiger partial charge in [0, 0.05) is 12.3 Å². The lowest BCUT2D eigenvalue weighted by atomic mass is 9.90. The number of carboxylic acid groups (broad SMARTS) is 1. The minimum absolute atomic E-state index is 0.214. The third-order valence-electron chi connectivity index (χ3n) is 2.84. The lowest BCUT2D eigenvalue weighted by Crippen LogP contribution is -2.20. The first-order valence-electron chi connectivity index (χ1n) is 5.91. The predicted molar refractivity (Wildman–Crippen MR) is 63.1 cm³/mol. The molecule has 0 aromatic heterocycles. The van der Waals surface area contributed by atoms with Crippen molar-refractivity contribution >= 4 is 5.97 Å². The van der Waals surface area contributed by atoms with Gasteiger partial charge in [0.05, 0.1) is 6.10 Å². The summed E-state index contributed by atoms with van der Waals surface area (Å²) in [4.78, 5) is 10.3. The monoisotopic (exact) mass is 224 g/mol. The number of rotatable bonds is 6.